The van der Waals surface area contributed by atoms with Gasteiger partial charge in [-0.1, -0.05) is 18.2 Å². The molecule has 5 heteroatoms. The second-order valence-corrected chi connectivity index (χ2v) is 3.21. The lowest BCUT2D eigenvalue weighted by Gasteiger charge is -2.11. The summed E-state index contributed by atoms with van der Waals surface area (Å²) in [5.74, 6) is 0.0733. The summed E-state index contributed by atoms with van der Waals surface area (Å²) < 4.78 is 28.0. The minimum Gasteiger partial charge on any atom is -0.435 e. The number of benzene rings is 1. The maximum Gasteiger partial charge on any atom is 0.387 e. The fourth-order valence-electron chi connectivity index (χ4n) is 1.28. The molecule has 0 saturated heterocycles. The predicted octanol–water partition coefficient (Wildman–Crippen LogP) is 2.63. The number of hydrogen-bond donors (Lipinski definition) is 1. The molecule has 1 N–H and O–H groups in total. The summed E-state index contributed by atoms with van der Waals surface area (Å²) in [5.41, 5.74) is 0.691. The van der Waals surface area contributed by atoms with Crippen molar-refractivity contribution in [2.24, 2.45) is 0 Å². The van der Waals surface area contributed by atoms with Gasteiger partial charge in [-0.3, -0.25) is 5.32 Å². The summed E-state index contributed by atoms with van der Waals surface area (Å²) in [5, 5.41) is 11.9. The van der Waals surface area contributed by atoms with Gasteiger partial charge in [0.25, 0.3) is 0 Å². The van der Waals surface area contributed by atoms with Gasteiger partial charge < -0.3 is 4.74 Å². The quantitative estimate of drug-likeness (QED) is 0.775. The zero-order valence-corrected chi connectivity index (χ0v) is 9.07. The molecule has 1 unspecified atom stereocenters. The van der Waals surface area contributed by atoms with Crippen LogP contribution in [0.2, 0.25) is 0 Å². The molecule has 0 bridgehead atoms. The minimum atomic E-state index is -2.84. The van der Waals surface area contributed by atoms with Crippen LogP contribution in [0, 0.1) is 11.3 Å². The van der Waals surface area contributed by atoms with Crippen molar-refractivity contribution in [3.8, 4) is 11.8 Å². The van der Waals surface area contributed by atoms with Crippen LogP contribution in [0.5, 0.6) is 5.75 Å². The van der Waals surface area contributed by atoms with E-state index in [0.29, 0.717) is 12.1 Å². The summed E-state index contributed by atoms with van der Waals surface area (Å²) in [4.78, 5) is 0. The number of alkyl halides is 2. The molecule has 0 fully saturated rings. The maximum atomic E-state index is 11.9. The number of nitrogens with one attached hydrogen (secondary N) is 1. The lowest BCUT2D eigenvalue weighted by atomic mass is 10.1. The number of hydrogen-bond acceptors (Lipinski definition) is 3. The van der Waals surface area contributed by atoms with E-state index in [1.165, 1.54) is 12.1 Å². The average Bonchev–Trinajstić information content (AvgIpc) is 2.31. The van der Waals surface area contributed by atoms with E-state index < -0.39 is 12.7 Å². The third-order valence-corrected chi connectivity index (χ3v) is 2.03. The highest BCUT2D eigenvalue weighted by molar-refractivity contribution is 5.31. The minimum absolute atomic E-state index is 0.0733. The van der Waals surface area contributed by atoms with Crippen molar-refractivity contribution in [1.82, 2.24) is 5.32 Å². The van der Waals surface area contributed by atoms with E-state index in [9.17, 15) is 8.78 Å². The number of ether oxygens (including phenoxy) is 1. The van der Waals surface area contributed by atoms with Crippen LogP contribution in [0.15, 0.2) is 36.9 Å². The first-order chi connectivity index (χ1) is 8.17. The highest BCUT2D eigenvalue weighted by Gasteiger charge is 2.09. The van der Waals surface area contributed by atoms with Gasteiger partial charge in [-0.15, -0.1) is 6.58 Å². The summed E-state index contributed by atoms with van der Waals surface area (Å²) in [6.45, 7) is 1.18. The Labute approximate surface area is 98.3 Å². The Morgan fingerprint density at radius 2 is 2.06 bits per heavy atom. The van der Waals surface area contributed by atoms with E-state index in [0.717, 1.165) is 0 Å². The zero-order valence-electron chi connectivity index (χ0n) is 9.07. The Hall–Kier alpha value is -1.93. The standard InChI is InChI=1S/C12H12F2N2O/c1-2-7-16-11(8-15)9-3-5-10(6-4-9)17-12(13)14/h2-6,11-12,16H,1,7H2. The van der Waals surface area contributed by atoms with Crippen molar-refractivity contribution < 1.29 is 13.5 Å². The van der Waals surface area contributed by atoms with Gasteiger partial charge in [-0.2, -0.15) is 14.0 Å². The number of nitriles is 1. The third kappa shape index (κ3) is 4.21. The molecule has 0 aliphatic heterocycles. The van der Waals surface area contributed by atoms with Gasteiger partial charge in [0.15, 0.2) is 0 Å². The van der Waals surface area contributed by atoms with E-state index in [2.05, 4.69) is 22.7 Å². The molecule has 1 rings (SSSR count). The predicted molar refractivity (Wildman–Crippen MR) is 59.6 cm³/mol. The number of nitrogens with zero attached hydrogens (tertiary/aromatic N) is 1. The molecular formula is C12H12F2N2O. The van der Waals surface area contributed by atoms with Gasteiger partial charge in [0.05, 0.1) is 6.07 Å². The molecule has 17 heavy (non-hydrogen) atoms. The van der Waals surface area contributed by atoms with Gasteiger partial charge in [0.1, 0.15) is 11.8 Å². The number of halogens is 2. The molecule has 0 heterocycles. The van der Waals surface area contributed by atoms with Crippen molar-refractivity contribution in [3.63, 3.8) is 0 Å². The van der Waals surface area contributed by atoms with E-state index in [1.807, 2.05) is 0 Å². The SMILES string of the molecule is C=CCNC(C#N)c1ccc(OC(F)F)cc1. The molecule has 1 aromatic carbocycles. The van der Waals surface area contributed by atoms with Crippen molar-refractivity contribution in [2.45, 2.75) is 12.7 Å². The van der Waals surface area contributed by atoms with E-state index in [1.54, 1.807) is 18.2 Å². The van der Waals surface area contributed by atoms with Crippen LogP contribution in [0.25, 0.3) is 0 Å². The zero-order chi connectivity index (χ0) is 12.7. The second kappa shape index (κ2) is 6.61. The molecule has 0 saturated carbocycles. The second-order valence-electron chi connectivity index (χ2n) is 3.21. The van der Waals surface area contributed by atoms with E-state index >= 15 is 0 Å². The maximum absolute atomic E-state index is 11.9. The van der Waals surface area contributed by atoms with Crippen LogP contribution < -0.4 is 10.1 Å². The van der Waals surface area contributed by atoms with Gasteiger partial charge >= 0.3 is 6.61 Å². The largest absolute Gasteiger partial charge is 0.435 e. The van der Waals surface area contributed by atoms with Crippen LogP contribution in [0.1, 0.15) is 11.6 Å². The van der Waals surface area contributed by atoms with Crippen molar-refractivity contribution in [3.05, 3.63) is 42.5 Å². The van der Waals surface area contributed by atoms with Gasteiger partial charge in [0, 0.05) is 6.54 Å². The Balaban J connectivity index is 2.71. The normalized spacial score (nSPS) is 11.9. The molecule has 3 nitrogen and oxygen atoms in total. The number of rotatable bonds is 6. The fourth-order valence-corrected chi connectivity index (χ4v) is 1.28. The topological polar surface area (TPSA) is 45.0 Å². The van der Waals surface area contributed by atoms with Crippen LogP contribution in [0.3, 0.4) is 0 Å². The molecule has 90 valence electrons. The summed E-state index contributed by atoms with van der Waals surface area (Å²) in [6, 6.07) is 7.52. The highest BCUT2D eigenvalue weighted by Crippen LogP contribution is 2.18. The summed E-state index contributed by atoms with van der Waals surface area (Å²) in [6.07, 6.45) is 1.64. The lowest BCUT2D eigenvalue weighted by Crippen LogP contribution is -2.19. The Morgan fingerprint density at radius 1 is 1.41 bits per heavy atom. The van der Waals surface area contributed by atoms with Crippen LogP contribution >= 0.6 is 0 Å². The van der Waals surface area contributed by atoms with Gasteiger partial charge in [-0.25, -0.2) is 0 Å². The fraction of sp³-hybridized carbons (Fsp3) is 0.250. The molecule has 0 aliphatic carbocycles. The smallest absolute Gasteiger partial charge is 0.387 e. The Morgan fingerprint density at radius 3 is 2.53 bits per heavy atom. The van der Waals surface area contributed by atoms with E-state index in [-0.39, 0.29) is 5.75 Å². The van der Waals surface area contributed by atoms with Crippen LogP contribution in [-0.4, -0.2) is 13.2 Å². The molecule has 0 radical (unpaired) electrons. The van der Waals surface area contributed by atoms with Crippen molar-refractivity contribution in [2.75, 3.05) is 6.54 Å². The highest BCUT2D eigenvalue weighted by atomic mass is 19.3. The van der Waals surface area contributed by atoms with Crippen molar-refractivity contribution in [1.29, 1.82) is 5.26 Å². The summed E-state index contributed by atoms with van der Waals surface area (Å²) >= 11 is 0. The molecule has 0 aliphatic rings. The van der Waals surface area contributed by atoms with Gasteiger partial charge in [-0.05, 0) is 17.7 Å². The molecular weight excluding hydrogens is 226 g/mol. The first kappa shape index (κ1) is 13.1. The molecule has 0 amide bonds. The average molecular weight is 238 g/mol. The van der Waals surface area contributed by atoms with E-state index in [4.69, 9.17) is 5.26 Å². The Kier molecular flexibility index (Phi) is 5.11. The Bertz CT molecular complexity index is 398. The molecule has 0 spiro atoms. The van der Waals surface area contributed by atoms with Gasteiger partial charge in [0.2, 0.25) is 0 Å². The van der Waals surface area contributed by atoms with Crippen LogP contribution in [0.4, 0.5) is 8.78 Å². The van der Waals surface area contributed by atoms with Crippen LogP contribution in [-0.2, 0) is 0 Å². The third-order valence-electron chi connectivity index (χ3n) is 2.03. The monoisotopic (exact) mass is 238 g/mol. The molecule has 1 aromatic rings. The first-order valence-electron chi connectivity index (χ1n) is 4.96. The van der Waals surface area contributed by atoms with Crippen molar-refractivity contribution >= 4 is 0 Å². The molecule has 1 atom stereocenters. The molecule has 0 aromatic heterocycles. The first-order valence-corrected chi connectivity index (χ1v) is 4.96. The summed E-state index contributed by atoms with van der Waals surface area (Å²) in [7, 11) is 0. The lowest BCUT2D eigenvalue weighted by molar-refractivity contribution is -0.0498.